The Kier molecular flexibility index (Phi) is 5.41. The van der Waals surface area contributed by atoms with Crippen LogP contribution in [0, 0.1) is 11.7 Å². The lowest BCUT2D eigenvalue weighted by atomic mass is 10.1. The highest BCUT2D eigenvalue weighted by Gasteiger charge is 2.20. The molecule has 1 unspecified atom stereocenters. The molecule has 0 aliphatic carbocycles. The van der Waals surface area contributed by atoms with Gasteiger partial charge in [0.05, 0.1) is 15.5 Å². The van der Waals surface area contributed by atoms with E-state index in [9.17, 15) is 9.18 Å². The Labute approximate surface area is 121 Å². The average Bonchev–Trinajstić information content (AvgIpc) is 2.21. The number of hydrogen-bond donors (Lipinski definition) is 1. The van der Waals surface area contributed by atoms with Crippen LogP contribution in [0.3, 0.4) is 0 Å². The smallest absolute Gasteiger partial charge is 0.238 e. The molecule has 1 amide bonds. The third-order valence-electron chi connectivity index (χ3n) is 2.09. The Hall–Kier alpha value is -0.130. The van der Waals surface area contributed by atoms with Crippen LogP contribution in [0.25, 0.3) is 0 Å². The summed E-state index contributed by atoms with van der Waals surface area (Å²) in [6, 6.07) is 2.40. The Morgan fingerprint density at radius 3 is 2.53 bits per heavy atom. The molecule has 0 bridgehead atoms. The van der Waals surface area contributed by atoms with Crippen LogP contribution in [0.1, 0.15) is 13.8 Å². The summed E-state index contributed by atoms with van der Waals surface area (Å²) in [7, 11) is 0. The topological polar surface area (TPSA) is 29.1 Å². The lowest BCUT2D eigenvalue weighted by molar-refractivity contribution is -0.116. The number of carbonyl (C=O) groups excluding carboxylic acids is 1. The molecule has 1 aromatic rings. The van der Waals surface area contributed by atoms with Crippen molar-refractivity contribution < 1.29 is 9.18 Å². The van der Waals surface area contributed by atoms with Gasteiger partial charge in [-0.15, -0.1) is 0 Å². The van der Waals surface area contributed by atoms with Gasteiger partial charge in [-0.05, 0) is 34.0 Å². The molecule has 0 heterocycles. The Morgan fingerprint density at radius 1 is 1.47 bits per heavy atom. The van der Waals surface area contributed by atoms with Crippen LogP contribution in [0.2, 0.25) is 5.02 Å². The zero-order valence-electron chi connectivity index (χ0n) is 9.23. The fourth-order valence-corrected chi connectivity index (χ4v) is 2.17. The molecule has 6 heteroatoms. The zero-order valence-corrected chi connectivity index (χ0v) is 13.2. The molecule has 0 saturated carbocycles. The Balaban J connectivity index is 2.93. The van der Waals surface area contributed by atoms with Crippen LogP contribution in [0.5, 0.6) is 0 Å². The third-order valence-corrected chi connectivity index (χ3v) is 4.49. The van der Waals surface area contributed by atoms with Gasteiger partial charge >= 0.3 is 0 Å². The predicted octanol–water partition coefficient (Wildman–Crippen LogP) is 4.60. The number of anilines is 1. The molecule has 0 aliphatic rings. The number of rotatable bonds is 3. The summed E-state index contributed by atoms with van der Waals surface area (Å²) in [5.74, 6) is -0.527. The summed E-state index contributed by atoms with van der Waals surface area (Å²) in [6.45, 7) is 3.83. The predicted molar refractivity (Wildman–Crippen MR) is 75.3 cm³/mol. The second-order valence-electron chi connectivity index (χ2n) is 3.88. The first-order valence-electron chi connectivity index (χ1n) is 4.92. The molecule has 1 rings (SSSR count). The van der Waals surface area contributed by atoms with E-state index in [0.29, 0.717) is 10.2 Å². The van der Waals surface area contributed by atoms with E-state index in [1.165, 1.54) is 6.07 Å². The molecule has 17 heavy (non-hydrogen) atoms. The van der Waals surface area contributed by atoms with E-state index in [2.05, 4.69) is 37.2 Å². The summed E-state index contributed by atoms with van der Waals surface area (Å²) in [5, 5.41) is 2.82. The average molecular weight is 387 g/mol. The first-order chi connectivity index (χ1) is 7.82. The van der Waals surface area contributed by atoms with Gasteiger partial charge < -0.3 is 5.32 Å². The SMILES string of the molecule is CC(C)C(Br)C(=O)Nc1c(Cl)cc(F)cc1Br. The third kappa shape index (κ3) is 3.93. The van der Waals surface area contributed by atoms with Crippen molar-refractivity contribution in [1.29, 1.82) is 0 Å². The lowest BCUT2D eigenvalue weighted by Gasteiger charge is -2.15. The van der Waals surface area contributed by atoms with Gasteiger partial charge in [-0.3, -0.25) is 4.79 Å². The van der Waals surface area contributed by atoms with Gasteiger partial charge in [0.1, 0.15) is 5.82 Å². The van der Waals surface area contributed by atoms with E-state index >= 15 is 0 Å². The summed E-state index contributed by atoms with van der Waals surface area (Å²) in [6.07, 6.45) is 0. The second kappa shape index (κ2) is 6.16. The van der Waals surface area contributed by atoms with Gasteiger partial charge in [0.25, 0.3) is 0 Å². The molecule has 1 atom stereocenters. The van der Waals surface area contributed by atoms with Crippen molar-refractivity contribution in [3.05, 3.63) is 27.4 Å². The summed E-state index contributed by atoms with van der Waals surface area (Å²) < 4.78 is 13.4. The Bertz CT molecular complexity index is 416. The normalized spacial score (nSPS) is 12.6. The molecule has 2 nitrogen and oxygen atoms in total. The molecule has 0 fully saturated rings. The molecule has 0 radical (unpaired) electrons. The van der Waals surface area contributed by atoms with Crippen molar-refractivity contribution in [2.24, 2.45) is 5.92 Å². The number of amides is 1. The van der Waals surface area contributed by atoms with Crippen LogP contribution in [0.15, 0.2) is 16.6 Å². The molecule has 0 aromatic heterocycles. The molecule has 1 aromatic carbocycles. The van der Waals surface area contributed by atoms with E-state index in [1.807, 2.05) is 13.8 Å². The van der Waals surface area contributed by atoms with E-state index in [-0.39, 0.29) is 21.7 Å². The van der Waals surface area contributed by atoms with E-state index in [1.54, 1.807) is 0 Å². The van der Waals surface area contributed by atoms with Gasteiger partial charge in [-0.2, -0.15) is 0 Å². The molecule has 94 valence electrons. The first-order valence-corrected chi connectivity index (χ1v) is 7.01. The van der Waals surface area contributed by atoms with Crippen LogP contribution in [-0.2, 0) is 4.79 Å². The largest absolute Gasteiger partial charge is 0.323 e. The van der Waals surface area contributed by atoms with E-state index in [4.69, 9.17) is 11.6 Å². The monoisotopic (exact) mass is 385 g/mol. The fourth-order valence-electron chi connectivity index (χ4n) is 1.16. The fraction of sp³-hybridized carbons (Fsp3) is 0.364. The van der Waals surface area contributed by atoms with E-state index in [0.717, 1.165) is 6.07 Å². The maximum Gasteiger partial charge on any atom is 0.238 e. The van der Waals surface area contributed by atoms with Crippen molar-refractivity contribution in [1.82, 2.24) is 0 Å². The van der Waals surface area contributed by atoms with Crippen LogP contribution in [-0.4, -0.2) is 10.7 Å². The Morgan fingerprint density at radius 2 is 2.06 bits per heavy atom. The van der Waals surface area contributed by atoms with Crippen molar-refractivity contribution in [3.8, 4) is 0 Å². The molecule has 0 aliphatic heterocycles. The molecule has 0 saturated heterocycles. The molecule has 1 N–H and O–H groups in total. The number of benzene rings is 1. The summed E-state index contributed by atoms with van der Waals surface area (Å²) >= 11 is 12.3. The molecule has 0 spiro atoms. The van der Waals surface area contributed by atoms with Gasteiger partial charge in [0, 0.05) is 4.47 Å². The molecular formula is C11H11Br2ClFNO. The number of carbonyl (C=O) groups is 1. The first kappa shape index (κ1) is 14.9. The van der Waals surface area contributed by atoms with E-state index < -0.39 is 5.82 Å². The maximum absolute atomic E-state index is 13.0. The van der Waals surface area contributed by atoms with Gasteiger partial charge in [-0.1, -0.05) is 41.4 Å². The van der Waals surface area contributed by atoms with Crippen molar-refractivity contribution in [2.45, 2.75) is 18.7 Å². The van der Waals surface area contributed by atoms with Crippen LogP contribution < -0.4 is 5.32 Å². The standard InChI is InChI=1S/C11H11Br2ClFNO/c1-5(2)9(13)11(17)16-10-7(12)3-6(15)4-8(10)14/h3-5,9H,1-2H3,(H,16,17). The van der Waals surface area contributed by atoms with Crippen LogP contribution >= 0.6 is 43.5 Å². The summed E-state index contributed by atoms with van der Waals surface area (Å²) in [5.41, 5.74) is 0.378. The van der Waals surface area contributed by atoms with Crippen LogP contribution in [0.4, 0.5) is 10.1 Å². The lowest BCUT2D eigenvalue weighted by Crippen LogP contribution is -2.27. The second-order valence-corrected chi connectivity index (χ2v) is 6.13. The maximum atomic E-state index is 13.0. The van der Waals surface area contributed by atoms with Crippen molar-refractivity contribution >= 4 is 55.1 Å². The van der Waals surface area contributed by atoms with Crippen molar-refractivity contribution in [2.75, 3.05) is 5.32 Å². The van der Waals surface area contributed by atoms with Crippen molar-refractivity contribution in [3.63, 3.8) is 0 Å². The highest BCUT2D eigenvalue weighted by Crippen LogP contribution is 2.32. The minimum atomic E-state index is -0.459. The number of alkyl halides is 1. The number of hydrogen-bond acceptors (Lipinski definition) is 1. The quantitative estimate of drug-likeness (QED) is 0.755. The number of halogens is 4. The number of nitrogens with one attached hydrogen (secondary N) is 1. The minimum absolute atomic E-state index is 0.146. The van der Waals surface area contributed by atoms with Gasteiger partial charge in [0.2, 0.25) is 5.91 Å². The van der Waals surface area contributed by atoms with Gasteiger partial charge in [-0.25, -0.2) is 4.39 Å². The van der Waals surface area contributed by atoms with Gasteiger partial charge in [0.15, 0.2) is 0 Å². The molecular weight excluding hydrogens is 376 g/mol. The highest BCUT2D eigenvalue weighted by molar-refractivity contribution is 9.10. The summed E-state index contributed by atoms with van der Waals surface area (Å²) in [4.78, 5) is 11.5. The minimum Gasteiger partial charge on any atom is -0.323 e. The zero-order chi connectivity index (χ0) is 13.2. The highest BCUT2D eigenvalue weighted by atomic mass is 79.9.